The van der Waals surface area contributed by atoms with Crippen LogP contribution in [0.25, 0.3) is 0 Å². The topological polar surface area (TPSA) is 66.6 Å². The van der Waals surface area contributed by atoms with E-state index in [1.807, 2.05) is 4.90 Å². The summed E-state index contributed by atoms with van der Waals surface area (Å²) >= 11 is 0. The van der Waals surface area contributed by atoms with Crippen LogP contribution in [0, 0.1) is 5.82 Å². The van der Waals surface area contributed by atoms with Crippen molar-refractivity contribution in [2.75, 3.05) is 6.54 Å². The Hall–Kier alpha value is -1.95. The number of nitrogens with two attached hydrogens (primary N) is 1. The average molecular weight is 357 g/mol. The van der Waals surface area contributed by atoms with Crippen molar-refractivity contribution < 1.29 is 14.0 Å². The van der Waals surface area contributed by atoms with Crippen LogP contribution in [-0.2, 0) is 5.54 Å². The molecular weight excluding hydrogens is 333 g/mol. The number of hydrogen-bond acceptors (Lipinski definition) is 3. The van der Waals surface area contributed by atoms with Gasteiger partial charge in [-0.15, -0.1) is 0 Å². The second-order valence-electron chi connectivity index (χ2n) is 8.25. The van der Waals surface area contributed by atoms with Gasteiger partial charge in [0.15, 0.2) is 0 Å². The van der Waals surface area contributed by atoms with Crippen LogP contribution < -0.4 is 5.73 Å². The summed E-state index contributed by atoms with van der Waals surface area (Å²) in [5.74, 6) is -1.35. The fourth-order valence-corrected chi connectivity index (χ4v) is 5.25. The Labute approximate surface area is 152 Å². The van der Waals surface area contributed by atoms with E-state index in [2.05, 4.69) is 4.90 Å². The minimum absolute atomic E-state index is 0.0322. The zero-order chi connectivity index (χ0) is 18.1. The molecule has 1 atom stereocenters. The van der Waals surface area contributed by atoms with E-state index in [0.29, 0.717) is 17.2 Å². The summed E-state index contributed by atoms with van der Waals surface area (Å²) in [6.45, 7) is 1.02. The van der Waals surface area contributed by atoms with E-state index in [1.165, 1.54) is 25.3 Å². The van der Waals surface area contributed by atoms with Crippen LogP contribution in [0.5, 0.6) is 0 Å². The monoisotopic (exact) mass is 357 g/mol. The second kappa shape index (κ2) is 5.52. The maximum absolute atomic E-state index is 14.2. The van der Waals surface area contributed by atoms with E-state index in [-0.39, 0.29) is 17.6 Å². The number of carbonyl (C=O) groups is 2. The van der Waals surface area contributed by atoms with Gasteiger partial charge < -0.3 is 10.6 Å². The van der Waals surface area contributed by atoms with Gasteiger partial charge in [0.1, 0.15) is 5.82 Å². The van der Waals surface area contributed by atoms with Gasteiger partial charge >= 0.3 is 0 Å². The van der Waals surface area contributed by atoms with Crippen molar-refractivity contribution in [1.82, 2.24) is 9.80 Å². The van der Waals surface area contributed by atoms with Crippen LogP contribution in [0.3, 0.4) is 0 Å². The summed E-state index contributed by atoms with van der Waals surface area (Å²) in [4.78, 5) is 29.8. The number of amides is 2. The number of nitrogens with zero attached hydrogens (tertiary/aromatic N) is 2. The van der Waals surface area contributed by atoms with Crippen molar-refractivity contribution in [1.29, 1.82) is 0 Å². The first-order chi connectivity index (χ1) is 12.5. The van der Waals surface area contributed by atoms with Gasteiger partial charge in [-0.25, -0.2) is 4.39 Å². The molecule has 3 fully saturated rings. The van der Waals surface area contributed by atoms with Crippen molar-refractivity contribution in [2.45, 2.75) is 69.1 Å². The first kappa shape index (κ1) is 16.2. The molecule has 26 heavy (non-hydrogen) atoms. The fourth-order valence-electron chi connectivity index (χ4n) is 5.25. The lowest BCUT2D eigenvalue weighted by atomic mass is 9.88. The molecular formula is C20H24FN3O2. The summed E-state index contributed by atoms with van der Waals surface area (Å²) in [6, 6.07) is 3.12. The molecule has 1 spiro atoms. The number of fused-ring (bicyclic) bond motifs is 2. The molecule has 1 aromatic carbocycles. The fraction of sp³-hybridized carbons (Fsp3) is 0.600. The van der Waals surface area contributed by atoms with E-state index in [4.69, 9.17) is 5.73 Å². The molecule has 0 radical (unpaired) electrons. The molecule has 2 N–H and O–H groups in total. The Morgan fingerprint density at radius 1 is 1.15 bits per heavy atom. The van der Waals surface area contributed by atoms with Crippen LogP contribution in [0.15, 0.2) is 12.1 Å². The summed E-state index contributed by atoms with van der Waals surface area (Å²) in [7, 11) is 0. The number of primary amides is 1. The second-order valence-corrected chi connectivity index (χ2v) is 8.25. The molecule has 1 aromatic rings. The van der Waals surface area contributed by atoms with Gasteiger partial charge in [-0.05, 0) is 62.6 Å². The number of hydrogen-bond donors (Lipinski definition) is 1. The number of likely N-dealkylation sites (tertiary alicyclic amines) is 1. The Bertz CT molecular complexity index is 800. The van der Waals surface area contributed by atoms with E-state index in [0.717, 1.165) is 44.7 Å². The standard InChI is InChI=1S/C20H24FN3O2/c21-12-10-14(18(22)25)17-15(11-12)20(7-8-20)24(19(17)26)16-6-1-2-9-23(16)13-4-3-5-13/h10-11,13,16H,1-9H2,(H2,22,25). The van der Waals surface area contributed by atoms with E-state index < -0.39 is 17.3 Å². The highest BCUT2D eigenvalue weighted by Gasteiger charge is 2.61. The van der Waals surface area contributed by atoms with Gasteiger partial charge in [0.05, 0.1) is 22.8 Å². The van der Waals surface area contributed by atoms with Crippen molar-refractivity contribution in [3.05, 3.63) is 34.6 Å². The Balaban J connectivity index is 1.59. The highest BCUT2D eigenvalue weighted by Crippen LogP contribution is 2.59. The van der Waals surface area contributed by atoms with Gasteiger partial charge in [0.25, 0.3) is 5.91 Å². The Morgan fingerprint density at radius 3 is 2.54 bits per heavy atom. The molecule has 1 saturated heterocycles. The third-order valence-electron chi connectivity index (χ3n) is 6.84. The van der Waals surface area contributed by atoms with Crippen LogP contribution in [-0.4, -0.2) is 40.4 Å². The van der Waals surface area contributed by atoms with Crippen molar-refractivity contribution in [2.24, 2.45) is 5.73 Å². The number of rotatable bonds is 3. The van der Waals surface area contributed by atoms with Gasteiger partial charge in [0, 0.05) is 12.6 Å². The molecule has 1 unspecified atom stereocenters. The Morgan fingerprint density at radius 2 is 1.92 bits per heavy atom. The number of benzene rings is 1. The zero-order valence-corrected chi connectivity index (χ0v) is 14.8. The number of carbonyl (C=O) groups excluding carboxylic acids is 2. The SMILES string of the molecule is NC(=O)c1cc(F)cc2c1C(=O)N(C1CCCCN1C1CCC1)C21CC1. The quantitative estimate of drug-likeness (QED) is 0.904. The highest BCUT2D eigenvalue weighted by atomic mass is 19.1. The van der Waals surface area contributed by atoms with Gasteiger partial charge in [-0.3, -0.25) is 14.5 Å². The smallest absolute Gasteiger partial charge is 0.257 e. The summed E-state index contributed by atoms with van der Waals surface area (Å²) < 4.78 is 14.2. The molecule has 5 nitrogen and oxygen atoms in total. The lowest BCUT2D eigenvalue weighted by Crippen LogP contribution is -2.58. The summed E-state index contributed by atoms with van der Waals surface area (Å²) in [6.07, 6.45) is 8.58. The Kier molecular flexibility index (Phi) is 3.45. The van der Waals surface area contributed by atoms with Crippen LogP contribution >= 0.6 is 0 Å². The van der Waals surface area contributed by atoms with Gasteiger partial charge in [0.2, 0.25) is 5.91 Å². The molecule has 0 aromatic heterocycles. The van der Waals surface area contributed by atoms with E-state index >= 15 is 0 Å². The van der Waals surface area contributed by atoms with Crippen LogP contribution in [0.2, 0.25) is 0 Å². The zero-order valence-electron chi connectivity index (χ0n) is 14.8. The lowest BCUT2D eigenvalue weighted by molar-refractivity contribution is -0.0427. The number of halogens is 1. The third kappa shape index (κ3) is 2.11. The molecule has 2 aliphatic carbocycles. The molecule has 6 heteroatoms. The molecule has 4 aliphatic rings. The van der Waals surface area contributed by atoms with E-state index in [1.54, 1.807) is 0 Å². The normalized spacial score (nSPS) is 27.5. The van der Waals surface area contributed by atoms with Crippen molar-refractivity contribution in [3.8, 4) is 0 Å². The summed E-state index contributed by atoms with van der Waals surface area (Å²) in [5, 5.41) is 0. The minimum Gasteiger partial charge on any atom is -0.366 e. The average Bonchev–Trinajstić information content (AvgIpc) is 3.31. The molecule has 2 amide bonds. The van der Waals surface area contributed by atoms with Gasteiger partial charge in [-0.2, -0.15) is 0 Å². The largest absolute Gasteiger partial charge is 0.366 e. The molecule has 2 heterocycles. The maximum atomic E-state index is 14.2. The molecule has 5 rings (SSSR count). The van der Waals surface area contributed by atoms with Crippen molar-refractivity contribution >= 4 is 11.8 Å². The van der Waals surface area contributed by atoms with Crippen LogP contribution in [0.1, 0.15) is 77.6 Å². The molecule has 138 valence electrons. The maximum Gasteiger partial charge on any atom is 0.257 e. The minimum atomic E-state index is -0.730. The molecule has 2 saturated carbocycles. The van der Waals surface area contributed by atoms with E-state index in [9.17, 15) is 14.0 Å². The molecule has 0 bridgehead atoms. The molecule has 2 aliphatic heterocycles. The first-order valence-electron chi connectivity index (χ1n) is 9.76. The van der Waals surface area contributed by atoms with Crippen molar-refractivity contribution in [3.63, 3.8) is 0 Å². The predicted octanol–water partition coefficient (Wildman–Crippen LogP) is 2.73. The number of piperidine rings is 1. The predicted molar refractivity (Wildman–Crippen MR) is 94.0 cm³/mol. The van der Waals surface area contributed by atoms with Crippen LogP contribution in [0.4, 0.5) is 4.39 Å². The van der Waals surface area contributed by atoms with Gasteiger partial charge in [-0.1, -0.05) is 6.42 Å². The first-order valence-corrected chi connectivity index (χ1v) is 9.76. The summed E-state index contributed by atoms with van der Waals surface area (Å²) in [5.41, 5.74) is 6.09. The third-order valence-corrected chi connectivity index (χ3v) is 6.84. The lowest BCUT2D eigenvalue weighted by Gasteiger charge is -2.49. The highest BCUT2D eigenvalue weighted by molar-refractivity contribution is 6.10.